The first-order valence-electron chi connectivity index (χ1n) is 5.59. The molecule has 10 heteroatoms. The minimum atomic E-state index is -5.25. The van der Waals surface area contributed by atoms with E-state index in [2.05, 4.69) is 9.84 Å². The minimum Gasteiger partial charge on any atom is -0.405 e. The number of nitrogens with zero attached hydrogens (tertiary/aromatic N) is 1. The normalized spacial score (nSPS) is 12.3. The second-order valence-corrected chi connectivity index (χ2v) is 4.06. The summed E-state index contributed by atoms with van der Waals surface area (Å²) in [6.45, 7) is 0. The Morgan fingerprint density at radius 1 is 1.00 bits per heavy atom. The highest BCUT2D eigenvalue weighted by Gasteiger charge is 2.39. The second kappa shape index (κ2) is 5.35. The van der Waals surface area contributed by atoms with E-state index in [9.17, 15) is 31.1 Å². The maximum atomic E-state index is 12.9. The third kappa shape index (κ3) is 3.77. The molecule has 0 bridgehead atoms. The summed E-state index contributed by atoms with van der Waals surface area (Å²) >= 11 is 0. The quantitative estimate of drug-likeness (QED) is 0.862. The van der Waals surface area contributed by atoms with Gasteiger partial charge in [0.25, 0.3) is 5.56 Å². The Morgan fingerprint density at radius 2 is 1.68 bits per heavy atom. The Morgan fingerprint density at radius 3 is 2.18 bits per heavy atom. The van der Waals surface area contributed by atoms with E-state index < -0.39 is 29.4 Å². The van der Waals surface area contributed by atoms with Crippen molar-refractivity contribution >= 4 is 0 Å². The zero-order valence-electron chi connectivity index (χ0n) is 10.4. The van der Waals surface area contributed by atoms with Gasteiger partial charge in [-0.05, 0) is 24.3 Å². The summed E-state index contributed by atoms with van der Waals surface area (Å²) in [5.41, 5.74) is -2.34. The third-order valence-electron chi connectivity index (χ3n) is 2.49. The molecular weight excluding hydrogens is 318 g/mol. The largest absolute Gasteiger partial charge is 0.573 e. The van der Waals surface area contributed by atoms with Crippen molar-refractivity contribution in [3.05, 3.63) is 46.2 Å². The zero-order chi connectivity index (χ0) is 16.5. The fourth-order valence-corrected chi connectivity index (χ4v) is 1.63. The minimum absolute atomic E-state index is 0.0383. The van der Waals surface area contributed by atoms with Crippen molar-refractivity contribution in [1.29, 1.82) is 0 Å². The van der Waals surface area contributed by atoms with Gasteiger partial charge in [0.15, 0.2) is 0 Å². The Bertz CT molecular complexity index is 715. The van der Waals surface area contributed by atoms with E-state index in [0.29, 0.717) is 12.1 Å². The second-order valence-electron chi connectivity index (χ2n) is 4.06. The van der Waals surface area contributed by atoms with Crippen LogP contribution in [0.25, 0.3) is 11.3 Å². The van der Waals surface area contributed by atoms with Crippen LogP contribution in [-0.4, -0.2) is 16.6 Å². The molecule has 1 aromatic carbocycles. The summed E-state index contributed by atoms with van der Waals surface area (Å²) in [6.07, 6.45) is -10.3. The number of hydrogen-bond donors (Lipinski definition) is 1. The molecular formula is C12H6F6N2O2. The lowest BCUT2D eigenvalue weighted by atomic mass is 10.1. The average Bonchev–Trinajstić information content (AvgIpc) is 2.37. The number of nitrogens with one attached hydrogen (secondary N) is 1. The van der Waals surface area contributed by atoms with Crippen molar-refractivity contribution in [3.8, 4) is 17.0 Å². The monoisotopic (exact) mass is 324 g/mol. The molecule has 0 spiro atoms. The molecule has 0 amide bonds. The van der Waals surface area contributed by atoms with Crippen LogP contribution in [0.3, 0.4) is 0 Å². The predicted molar refractivity (Wildman–Crippen MR) is 62.0 cm³/mol. The standard InChI is InChI=1S/C12H6F6N2O2/c13-11(14,15)7-5-6(8-2-4-10(21)20-19-8)1-3-9(7)22-12(16,17)18/h1-5H,(H,20,21). The van der Waals surface area contributed by atoms with Crippen LogP contribution in [-0.2, 0) is 6.18 Å². The Balaban J connectivity index is 2.52. The third-order valence-corrected chi connectivity index (χ3v) is 2.49. The van der Waals surface area contributed by atoms with Crippen molar-refractivity contribution in [2.24, 2.45) is 0 Å². The number of halogens is 6. The first-order chi connectivity index (χ1) is 10.1. The molecule has 4 nitrogen and oxygen atoms in total. The highest BCUT2D eigenvalue weighted by molar-refractivity contribution is 5.62. The highest BCUT2D eigenvalue weighted by Crippen LogP contribution is 2.40. The van der Waals surface area contributed by atoms with Crippen LogP contribution in [0.4, 0.5) is 26.3 Å². The SMILES string of the molecule is O=c1ccc(-c2ccc(OC(F)(F)F)c(C(F)(F)F)c2)n[nH]1. The van der Waals surface area contributed by atoms with Gasteiger partial charge in [-0.3, -0.25) is 4.79 Å². The van der Waals surface area contributed by atoms with Gasteiger partial charge in [0.2, 0.25) is 0 Å². The van der Waals surface area contributed by atoms with E-state index in [1.807, 2.05) is 5.10 Å². The van der Waals surface area contributed by atoms with Gasteiger partial charge in [-0.25, -0.2) is 5.10 Å². The van der Waals surface area contributed by atoms with Crippen molar-refractivity contribution in [3.63, 3.8) is 0 Å². The van der Waals surface area contributed by atoms with Crippen LogP contribution in [0.15, 0.2) is 35.1 Å². The molecule has 22 heavy (non-hydrogen) atoms. The van der Waals surface area contributed by atoms with Gasteiger partial charge in [-0.2, -0.15) is 18.3 Å². The van der Waals surface area contributed by atoms with E-state index in [4.69, 9.17) is 0 Å². The van der Waals surface area contributed by atoms with Gasteiger partial charge in [0.1, 0.15) is 5.75 Å². The number of alkyl halides is 6. The molecule has 0 atom stereocenters. The lowest BCUT2D eigenvalue weighted by Gasteiger charge is -2.16. The maximum absolute atomic E-state index is 12.9. The van der Waals surface area contributed by atoms with Crippen molar-refractivity contribution < 1.29 is 31.1 Å². The molecule has 0 aliphatic carbocycles. The Kier molecular flexibility index (Phi) is 3.86. The number of hydrogen-bond acceptors (Lipinski definition) is 3. The van der Waals surface area contributed by atoms with E-state index in [1.165, 1.54) is 0 Å². The van der Waals surface area contributed by atoms with Gasteiger partial charge in [0.05, 0.1) is 11.3 Å². The van der Waals surface area contributed by atoms with Crippen LogP contribution in [0.5, 0.6) is 5.75 Å². The van der Waals surface area contributed by atoms with Crippen LogP contribution < -0.4 is 10.3 Å². The van der Waals surface area contributed by atoms with Gasteiger partial charge in [-0.15, -0.1) is 13.2 Å². The number of benzene rings is 1. The number of H-pyrrole nitrogens is 1. The Hall–Kier alpha value is -2.52. The molecule has 1 aromatic heterocycles. The van der Waals surface area contributed by atoms with E-state index in [1.54, 1.807) is 0 Å². The average molecular weight is 324 g/mol. The molecule has 1 heterocycles. The molecule has 0 saturated carbocycles. The number of aromatic amines is 1. The molecule has 0 unspecified atom stereocenters. The van der Waals surface area contributed by atoms with Crippen LogP contribution in [0.2, 0.25) is 0 Å². The molecule has 118 valence electrons. The molecule has 0 radical (unpaired) electrons. The molecule has 2 rings (SSSR count). The molecule has 2 aromatic rings. The molecule has 0 fully saturated rings. The molecule has 0 aliphatic rings. The molecule has 0 saturated heterocycles. The summed E-state index contributed by atoms with van der Waals surface area (Å²) < 4.78 is 78.4. The summed E-state index contributed by atoms with van der Waals surface area (Å²) in [6, 6.07) is 4.13. The van der Waals surface area contributed by atoms with E-state index in [-0.39, 0.29) is 11.3 Å². The van der Waals surface area contributed by atoms with Gasteiger partial charge >= 0.3 is 12.5 Å². The smallest absolute Gasteiger partial charge is 0.405 e. The molecule has 0 aliphatic heterocycles. The van der Waals surface area contributed by atoms with E-state index >= 15 is 0 Å². The van der Waals surface area contributed by atoms with Crippen LogP contribution >= 0.6 is 0 Å². The highest BCUT2D eigenvalue weighted by atomic mass is 19.4. The summed E-state index contributed by atoms with van der Waals surface area (Å²) in [5.74, 6) is -1.37. The van der Waals surface area contributed by atoms with Crippen molar-refractivity contribution in [1.82, 2.24) is 10.2 Å². The first kappa shape index (κ1) is 15.9. The number of aromatic nitrogens is 2. The van der Waals surface area contributed by atoms with Crippen LogP contribution in [0, 0.1) is 0 Å². The summed E-state index contributed by atoms with van der Waals surface area (Å²) in [5, 5.41) is 5.52. The lowest BCUT2D eigenvalue weighted by Crippen LogP contribution is -2.20. The zero-order valence-corrected chi connectivity index (χ0v) is 10.4. The Labute approximate surface area is 118 Å². The molecule has 1 N–H and O–H groups in total. The maximum Gasteiger partial charge on any atom is 0.573 e. The van der Waals surface area contributed by atoms with Crippen LogP contribution in [0.1, 0.15) is 5.56 Å². The van der Waals surface area contributed by atoms with Gasteiger partial charge in [-0.1, -0.05) is 0 Å². The summed E-state index contributed by atoms with van der Waals surface area (Å²) in [7, 11) is 0. The number of ether oxygens (including phenoxy) is 1. The van der Waals surface area contributed by atoms with Gasteiger partial charge < -0.3 is 4.74 Å². The fraction of sp³-hybridized carbons (Fsp3) is 0.167. The van der Waals surface area contributed by atoms with Crippen molar-refractivity contribution in [2.75, 3.05) is 0 Å². The lowest BCUT2D eigenvalue weighted by molar-refractivity contribution is -0.276. The van der Waals surface area contributed by atoms with Crippen molar-refractivity contribution in [2.45, 2.75) is 12.5 Å². The number of rotatable bonds is 2. The topological polar surface area (TPSA) is 55.0 Å². The fourth-order valence-electron chi connectivity index (χ4n) is 1.63. The van der Waals surface area contributed by atoms with Gasteiger partial charge in [0, 0.05) is 11.6 Å². The first-order valence-corrected chi connectivity index (χ1v) is 5.59. The van der Waals surface area contributed by atoms with E-state index in [0.717, 1.165) is 18.2 Å². The summed E-state index contributed by atoms with van der Waals surface area (Å²) in [4.78, 5) is 10.8. The predicted octanol–water partition coefficient (Wildman–Crippen LogP) is 3.35.